The fourth-order valence-corrected chi connectivity index (χ4v) is 2.37. The second-order valence-corrected chi connectivity index (χ2v) is 5.80. The van der Waals surface area contributed by atoms with E-state index in [1.807, 2.05) is 0 Å². The summed E-state index contributed by atoms with van der Waals surface area (Å²) in [5.74, 6) is -1.13. The first kappa shape index (κ1) is 19.5. The van der Waals surface area contributed by atoms with Crippen LogP contribution < -0.4 is 5.32 Å². The topological polar surface area (TPSA) is 85.0 Å². The summed E-state index contributed by atoms with van der Waals surface area (Å²) in [7, 11) is 3.09. The Balaban J connectivity index is 2.25. The Bertz CT molecular complexity index is 822. The number of halogens is 3. The maximum atomic E-state index is 13.0. The molecule has 1 N–H and O–H groups in total. The molecule has 2 heterocycles. The molecule has 0 fully saturated rings. The normalized spacial score (nSPS) is 11.5. The van der Waals surface area contributed by atoms with Gasteiger partial charge in [-0.25, -0.2) is 0 Å². The van der Waals surface area contributed by atoms with Crippen LogP contribution in [0.25, 0.3) is 0 Å². The zero-order chi connectivity index (χ0) is 19.6. The van der Waals surface area contributed by atoms with E-state index in [2.05, 4.69) is 15.5 Å². The van der Waals surface area contributed by atoms with Gasteiger partial charge >= 0.3 is 6.18 Å². The zero-order valence-electron chi connectivity index (χ0n) is 14.8. The first-order chi connectivity index (χ1) is 12.0. The van der Waals surface area contributed by atoms with Crippen LogP contribution in [-0.4, -0.2) is 50.4 Å². The molecular formula is C15H19F3N6O2. The van der Waals surface area contributed by atoms with Crippen LogP contribution in [0, 0.1) is 6.92 Å². The Morgan fingerprint density at radius 2 is 1.92 bits per heavy atom. The summed E-state index contributed by atoms with van der Waals surface area (Å²) >= 11 is 0. The Labute approximate surface area is 147 Å². The average Bonchev–Trinajstić information content (AvgIpc) is 3.09. The Morgan fingerprint density at radius 1 is 1.27 bits per heavy atom. The van der Waals surface area contributed by atoms with Gasteiger partial charge in [-0.1, -0.05) is 0 Å². The van der Waals surface area contributed by atoms with E-state index in [4.69, 9.17) is 0 Å². The van der Waals surface area contributed by atoms with E-state index in [9.17, 15) is 22.8 Å². The maximum Gasteiger partial charge on any atom is 0.433 e. The van der Waals surface area contributed by atoms with Crippen LogP contribution in [0.3, 0.4) is 0 Å². The molecular weight excluding hydrogens is 353 g/mol. The SMILES string of the molecule is CCn1ncc(NC(=O)Cn2nc(C)cc2C(F)(F)F)c1C(=O)N(C)C. The van der Waals surface area contributed by atoms with Crippen molar-refractivity contribution < 1.29 is 22.8 Å². The Kier molecular flexibility index (Phi) is 5.38. The minimum Gasteiger partial charge on any atom is -0.343 e. The predicted molar refractivity (Wildman–Crippen MR) is 86.5 cm³/mol. The summed E-state index contributed by atoms with van der Waals surface area (Å²) in [6.07, 6.45) is -3.34. The van der Waals surface area contributed by atoms with Gasteiger partial charge in [0.2, 0.25) is 5.91 Å². The second kappa shape index (κ2) is 7.18. The third-order valence-electron chi connectivity index (χ3n) is 3.51. The van der Waals surface area contributed by atoms with Crippen molar-refractivity contribution in [2.45, 2.75) is 33.1 Å². The van der Waals surface area contributed by atoms with Gasteiger partial charge in [0.1, 0.15) is 17.9 Å². The number of anilines is 1. The lowest BCUT2D eigenvalue weighted by atomic mass is 10.3. The molecule has 11 heteroatoms. The Morgan fingerprint density at radius 3 is 2.46 bits per heavy atom. The van der Waals surface area contributed by atoms with Crippen LogP contribution in [0.1, 0.15) is 28.8 Å². The van der Waals surface area contributed by atoms with Crippen molar-refractivity contribution in [1.29, 1.82) is 0 Å². The van der Waals surface area contributed by atoms with E-state index in [0.717, 1.165) is 6.07 Å². The number of nitrogens with zero attached hydrogens (tertiary/aromatic N) is 5. The number of hydrogen-bond donors (Lipinski definition) is 1. The highest BCUT2D eigenvalue weighted by atomic mass is 19.4. The van der Waals surface area contributed by atoms with Crippen molar-refractivity contribution in [2.75, 3.05) is 19.4 Å². The van der Waals surface area contributed by atoms with Gasteiger partial charge in [-0.15, -0.1) is 0 Å². The summed E-state index contributed by atoms with van der Waals surface area (Å²) < 4.78 is 41.0. The number of aromatic nitrogens is 4. The van der Waals surface area contributed by atoms with Gasteiger partial charge in [-0.2, -0.15) is 23.4 Å². The number of carbonyl (C=O) groups excluding carboxylic acids is 2. The monoisotopic (exact) mass is 372 g/mol. The number of aryl methyl sites for hydroxylation is 2. The van der Waals surface area contributed by atoms with Crippen molar-refractivity contribution in [1.82, 2.24) is 24.5 Å². The number of hydrogen-bond acceptors (Lipinski definition) is 4. The predicted octanol–water partition coefficient (Wildman–Crippen LogP) is 1.77. The summed E-state index contributed by atoms with van der Waals surface area (Å²) in [6.45, 7) is 2.92. The summed E-state index contributed by atoms with van der Waals surface area (Å²) in [5, 5.41) is 10.2. The molecule has 0 atom stereocenters. The highest BCUT2D eigenvalue weighted by molar-refractivity contribution is 6.02. The summed E-state index contributed by atoms with van der Waals surface area (Å²) in [5.41, 5.74) is -0.585. The molecule has 0 aliphatic heterocycles. The molecule has 2 amide bonds. The van der Waals surface area contributed by atoms with E-state index in [-0.39, 0.29) is 23.0 Å². The van der Waals surface area contributed by atoms with Crippen LogP contribution in [0.4, 0.5) is 18.9 Å². The standard InChI is InChI=1S/C15H19F3N6O2/c1-5-23-13(14(26)22(3)4)10(7-19-23)20-12(25)8-24-11(15(16,17)18)6-9(2)21-24/h6-7H,5,8H2,1-4H3,(H,20,25). The van der Waals surface area contributed by atoms with Crippen molar-refractivity contribution in [3.63, 3.8) is 0 Å². The van der Waals surface area contributed by atoms with E-state index < -0.39 is 24.3 Å². The summed E-state index contributed by atoms with van der Waals surface area (Å²) in [6, 6.07) is 0.864. The van der Waals surface area contributed by atoms with Crippen LogP contribution in [-0.2, 0) is 24.1 Å². The van der Waals surface area contributed by atoms with Gasteiger partial charge in [0.15, 0.2) is 0 Å². The van der Waals surface area contributed by atoms with Gasteiger partial charge in [-0.3, -0.25) is 19.0 Å². The average molecular weight is 372 g/mol. The lowest BCUT2D eigenvalue weighted by Crippen LogP contribution is -2.28. The van der Waals surface area contributed by atoms with Gasteiger partial charge in [0, 0.05) is 20.6 Å². The molecule has 2 aromatic rings. The highest BCUT2D eigenvalue weighted by Crippen LogP contribution is 2.29. The quantitative estimate of drug-likeness (QED) is 0.867. The lowest BCUT2D eigenvalue weighted by molar-refractivity contribution is -0.144. The summed E-state index contributed by atoms with van der Waals surface area (Å²) in [4.78, 5) is 25.8. The van der Waals surface area contributed by atoms with Gasteiger partial charge < -0.3 is 10.2 Å². The number of alkyl halides is 3. The minimum atomic E-state index is -4.62. The molecule has 0 aliphatic carbocycles. The van der Waals surface area contributed by atoms with Crippen LogP contribution in [0.5, 0.6) is 0 Å². The smallest absolute Gasteiger partial charge is 0.343 e. The molecule has 0 saturated heterocycles. The number of nitrogens with one attached hydrogen (secondary N) is 1. The van der Waals surface area contributed by atoms with Gasteiger partial charge in [0.05, 0.1) is 17.6 Å². The lowest BCUT2D eigenvalue weighted by Gasteiger charge is -2.14. The molecule has 2 aromatic heterocycles. The molecule has 8 nitrogen and oxygen atoms in total. The first-order valence-electron chi connectivity index (χ1n) is 7.73. The zero-order valence-corrected chi connectivity index (χ0v) is 14.8. The molecule has 0 radical (unpaired) electrons. The highest BCUT2D eigenvalue weighted by Gasteiger charge is 2.36. The fourth-order valence-electron chi connectivity index (χ4n) is 2.37. The third-order valence-corrected chi connectivity index (χ3v) is 3.51. The van der Waals surface area contributed by atoms with Crippen LogP contribution >= 0.6 is 0 Å². The van der Waals surface area contributed by atoms with E-state index in [0.29, 0.717) is 11.2 Å². The molecule has 0 unspecified atom stereocenters. The van der Waals surface area contributed by atoms with Crippen molar-refractivity contribution >= 4 is 17.5 Å². The number of carbonyl (C=O) groups is 2. The van der Waals surface area contributed by atoms with Gasteiger partial charge in [0.25, 0.3) is 5.91 Å². The van der Waals surface area contributed by atoms with Crippen LogP contribution in [0.2, 0.25) is 0 Å². The van der Waals surface area contributed by atoms with E-state index in [1.54, 1.807) is 21.0 Å². The molecule has 0 saturated carbocycles. The number of amides is 2. The molecule has 0 bridgehead atoms. The van der Waals surface area contributed by atoms with E-state index >= 15 is 0 Å². The third kappa shape index (κ3) is 4.03. The number of rotatable bonds is 5. The minimum absolute atomic E-state index is 0.132. The molecule has 0 spiro atoms. The molecule has 26 heavy (non-hydrogen) atoms. The molecule has 142 valence electrons. The van der Waals surface area contributed by atoms with Crippen molar-refractivity contribution in [3.8, 4) is 0 Å². The molecule has 0 aromatic carbocycles. The fraction of sp³-hybridized carbons (Fsp3) is 0.467. The largest absolute Gasteiger partial charge is 0.433 e. The van der Waals surface area contributed by atoms with Crippen LogP contribution in [0.15, 0.2) is 12.3 Å². The van der Waals surface area contributed by atoms with Crippen molar-refractivity contribution in [2.24, 2.45) is 0 Å². The maximum absolute atomic E-state index is 13.0. The first-order valence-corrected chi connectivity index (χ1v) is 7.73. The Hall–Kier alpha value is -2.85. The van der Waals surface area contributed by atoms with Crippen molar-refractivity contribution in [3.05, 3.63) is 29.3 Å². The molecule has 0 aliphatic rings. The van der Waals surface area contributed by atoms with Gasteiger partial charge in [-0.05, 0) is 19.9 Å². The molecule has 2 rings (SSSR count). The van der Waals surface area contributed by atoms with E-state index in [1.165, 1.54) is 22.7 Å². The second-order valence-electron chi connectivity index (χ2n) is 5.80.